The predicted octanol–water partition coefficient (Wildman–Crippen LogP) is 5.90. The molecule has 5 heteroatoms. The van der Waals surface area contributed by atoms with Crippen molar-refractivity contribution in [1.29, 1.82) is 0 Å². The highest BCUT2D eigenvalue weighted by molar-refractivity contribution is 5.71. The number of hydrogen-bond acceptors (Lipinski definition) is 5. The van der Waals surface area contributed by atoms with Gasteiger partial charge in [0, 0.05) is 23.7 Å². The van der Waals surface area contributed by atoms with Gasteiger partial charge in [0.2, 0.25) is 0 Å². The lowest BCUT2D eigenvalue weighted by Gasteiger charge is -2.24. The minimum atomic E-state index is -0.530. The summed E-state index contributed by atoms with van der Waals surface area (Å²) in [5.41, 5.74) is 1.92. The molecule has 3 N–H and O–H groups in total. The van der Waals surface area contributed by atoms with Crippen molar-refractivity contribution in [3.05, 3.63) is 91.5 Å². The molecule has 0 saturated heterocycles. The second kappa shape index (κ2) is 8.74. The molecule has 0 unspecified atom stereocenters. The number of hydrogen-bond donors (Lipinski definition) is 3. The third kappa shape index (κ3) is 5.00. The van der Waals surface area contributed by atoms with E-state index in [1.54, 1.807) is 12.3 Å². The van der Waals surface area contributed by atoms with Crippen molar-refractivity contribution in [2.45, 2.75) is 13.8 Å². The molecule has 0 atom stereocenters. The Morgan fingerprint density at radius 1 is 1.00 bits per heavy atom. The highest BCUT2D eigenvalue weighted by Crippen LogP contribution is 2.31. The van der Waals surface area contributed by atoms with Crippen molar-refractivity contribution in [3.8, 4) is 28.4 Å². The minimum Gasteiger partial charge on any atom is -0.512 e. The molecule has 3 rings (SSSR count). The van der Waals surface area contributed by atoms with E-state index in [-0.39, 0.29) is 11.5 Å². The monoisotopic (exact) mass is 402 g/mol. The topological polar surface area (TPSA) is 74.6 Å². The van der Waals surface area contributed by atoms with Gasteiger partial charge in [-0.05, 0) is 35.9 Å². The highest BCUT2D eigenvalue weighted by Gasteiger charge is 2.22. The predicted molar refractivity (Wildman–Crippen MR) is 120 cm³/mol. The molecule has 154 valence electrons. The SMILES string of the molecule is C=C(NCC(C)(C)C(=C)O)c1ncc(-c2cccc(Oc3ccccc3)c2)cc1O. The summed E-state index contributed by atoms with van der Waals surface area (Å²) in [7, 11) is 0. The second-order valence-corrected chi connectivity index (χ2v) is 7.70. The molecule has 2 aromatic carbocycles. The normalized spacial score (nSPS) is 11.0. The number of para-hydroxylation sites is 1. The van der Waals surface area contributed by atoms with Gasteiger partial charge in [-0.3, -0.25) is 4.98 Å². The molecule has 0 radical (unpaired) electrons. The molecule has 0 aliphatic heterocycles. The summed E-state index contributed by atoms with van der Waals surface area (Å²) in [5, 5.41) is 23.3. The van der Waals surface area contributed by atoms with Gasteiger partial charge in [-0.2, -0.15) is 0 Å². The summed E-state index contributed by atoms with van der Waals surface area (Å²) >= 11 is 0. The third-order valence-corrected chi connectivity index (χ3v) is 4.82. The molecule has 0 saturated carbocycles. The maximum absolute atomic E-state index is 10.5. The lowest BCUT2D eigenvalue weighted by molar-refractivity contribution is 0.259. The van der Waals surface area contributed by atoms with Crippen LogP contribution in [0.5, 0.6) is 17.2 Å². The Bertz CT molecular complexity index is 1060. The number of nitrogens with zero attached hydrogens (tertiary/aromatic N) is 1. The second-order valence-electron chi connectivity index (χ2n) is 7.70. The van der Waals surface area contributed by atoms with Crippen molar-refractivity contribution < 1.29 is 14.9 Å². The number of aliphatic hydroxyl groups is 1. The fourth-order valence-corrected chi connectivity index (χ4v) is 2.72. The van der Waals surface area contributed by atoms with Crippen LogP contribution >= 0.6 is 0 Å². The minimum absolute atomic E-state index is 0.0139. The van der Waals surface area contributed by atoms with Gasteiger partial charge in [-0.1, -0.05) is 57.3 Å². The van der Waals surface area contributed by atoms with Crippen molar-refractivity contribution in [2.24, 2.45) is 5.41 Å². The largest absolute Gasteiger partial charge is 0.512 e. The van der Waals surface area contributed by atoms with E-state index < -0.39 is 5.41 Å². The number of nitrogens with one attached hydrogen (secondary N) is 1. The zero-order chi connectivity index (χ0) is 21.7. The first-order valence-electron chi connectivity index (χ1n) is 9.60. The van der Waals surface area contributed by atoms with Crippen molar-refractivity contribution in [1.82, 2.24) is 10.3 Å². The first-order chi connectivity index (χ1) is 14.3. The number of aromatic hydroxyl groups is 1. The van der Waals surface area contributed by atoms with Crippen molar-refractivity contribution >= 4 is 5.70 Å². The number of ether oxygens (including phenoxy) is 1. The van der Waals surface area contributed by atoms with Crippen LogP contribution in [0.3, 0.4) is 0 Å². The molecule has 30 heavy (non-hydrogen) atoms. The molecule has 1 heterocycles. The van der Waals surface area contributed by atoms with Crippen LogP contribution in [0.1, 0.15) is 19.5 Å². The van der Waals surface area contributed by atoms with E-state index in [2.05, 4.69) is 23.5 Å². The van der Waals surface area contributed by atoms with Gasteiger partial charge in [-0.25, -0.2) is 0 Å². The quantitative estimate of drug-likeness (QED) is 0.409. The van der Waals surface area contributed by atoms with Crippen molar-refractivity contribution in [3.63, 3.8) is 0 Å². The molecular weight excluding hydrogens is 376 g/mol. The zero-order valence-electron chi connectivity index (χ0n) is 17.2. The van der Waals surface area contributed by atoms with E-state index in [0.717, 1.165) is 16.9 Å². The maximum Gasteiger partial charge on any atom is 0.143 e. The van der Waals surface area contributed by atoms with E-state index >= 15 is 0 Å². The van der Waals surface area contributed by atoms with Crippen LogP contribution < -0.4 is 10.1 Å². The van der Waals surface area contributed by atoms with Crippen LogP contribution in [0.4, 0.5) is 0 Å². The van der Waals surface area contributed by atoms with Crippen LogP contribution in [0, 0.1) is 5.41 Å². The number of aromatic nitrogens is 1. The molecular formula is C25H26N2O3. The number of aliphatic hydroxyl groups excluding tert-OH is 1. The fraction of sp³-hybridized carbons (Fsp3) is 0.160. The van der Waals surface area contributed by atoms with Crippen LogP contribution in [0.15, 0.2) is 85.8 Å². The van der Waals surface area contributed by atoms with Gasteiger partial charge in [0.25, 0.3) is 0 Å². The Kier molecular flexibility index (Phi) is 6.11. The Balaban J connectivity index is 1.76. The molecule has 0 amide bonds. The van der Waals surface area contributed by atoms with E-state index in [4.69, 9.17) is 4.74 Å². The molecule has 0 aliphatic carbocycles. The molecule has 1 aromatic heterocycles. The van der Waals surface area contributed by atoms with Gasteiger partial charge >= 0.3 is 0 Å². The van der Waals surface area contributed by atoms with E-state index in [0.29, 0.717) is 23.7 Å². The van der Waals surface area contributed by atoms with Gasteiger partial charge < -0.3 is 20.3 Å². The smallest absolute Gasteiger partial charge is 0.143 e. The fourth-order valence-electron chi connectivity index (χ4n) is 2.72. The average molecular weight is 402 g/mol. The van der Waals surface area contributed by atoms with E-state index in [1.165, 1.54) is 0 Å². The van der Waals surface area contributed by atoms with E-state index in [9.17, 15) is 10.2 Å². The zero-order valence-corrected chi connectivity index (χ0v) is 17.2. The lowest BCUT2D eigenvalue weighted by atomic mass is 9.91. The van der Waals surface area contributed by atoms with E-state index in [1.807, 2.05) is 68.4 Å². The molecule has 3 aromatic rings. The molecule has 0 spiro atoms. The summed E-state index contributed by atoms with van der Waals surface area (Å²) in [6, 6.07) is 18.8. The van der Waals surface area contributed by atoms with Gasteiger partial charge in [0.05, 0.1) is 11.5 Å². The third-order valence-electron chi connectivity index (χ3n) is 4.82. The molecule has 0 fully saturated rings. The van der Waals surface area contributed by atoms with Crippen LogP contribution in [-0.2, 0) is 0 Å². The van der Waals surface area contributed by atoms with Crippen LogP contribution in [0.25, 0.3) is 16.8 Å². The average Bonchev–Trinajstić information content (AvgIpc) is 2.73. The summed E-state index contributed by atoms with van der Waals surface area (Å²) in [4.78, 5) is 4.38. The molecule has 5 nitrogen and oxygen atoms in total. The van der Waals surface area contributed by atoms with Crippen LogP contribution in [-0.4, -0.2) is 21.7 Å². The molecule has 0 bridgehead atoms. The number of benzene rings is 2. The number of pyridine rings is 1. The Hall–Kier alpha value is -3.73. The molecule has 0 aliphatic rings. The first-order valence-corrected chi connectivity index (χ1v) is 9.60. The standard InChI is InChI=1S/C25H26N2O3/c1-17(27-16-25(3,4)18(2)28)24-23(29)14-20(15-26-24)19-9-8-12-22(13-19)30-21-10-6-5-7-11-21/h5-15,27-29H,1-2,16H2,3-4H3. The summed E-state index contributed by atoms with van der Waals surface area (Å²) in [5.74, 6) is 1.54. The summed E-state index contributed by atoms with van der Waals surface area (Å²) in [6.07, 6.45) is 1.68. The summed E-state index contributed by atoms with van der Waals surface area (Å²) < 4.78 is 5.88. The Morgan fingerprint density at radius 3 is 2.37 bits per heavy atom. The maximum atomic E-state index is 10.5. The lowest BCUT2D eigenvalue weighted by Crippen LogP contribution is -2.29. The number of rotatable bonds is 8. The van der Waals surface area contributed by atoms with Crippen LogP contribution in [0.2, 0.25) is 0 Å². The Labute approximate surface area is 177 Å². The highest BCUT2D eigenvalue weighted by atomic mass is 16.5. The summed E-state index contributed by atoms with van der Waals surface area (Å²) in [6.45, 7) is 11.7. The first kappa shape index (κ1) is 21.0. The van der Waals surface area contributed by atoms with Crippen molar-refractivity contribution in [2.75, 3.05) is 6.54 Å². The van der Waals surface area contributed by atoms with Gasteiger partial charge in [0.1, 0.15) is 22.9 Å². The van der Waals surface area contributed by atoms with Gasteiger partial charge in [-0.15, -0.1) is 0 Å². The van der Waals surface area contributed by atoms with Gasteiger partial charge in [0.15, 0.2) is 0 Å². The Morgan fingerprint density at radius 2 is 1.70 bits per heavy atom.